The Balaban J connectivity index is 2.51. The third-order valence-electron chi connectivity index (χ3n) is 2.58. The van der Waals surface area contributed by atoms with E-state index >= 15 is 0 Å². The molecule has 1 heterocycles. The summed E-state index contributed by atoms with van der Waals surface area (Å²) in [5.74, 6) is 0. The van der Waals surface area contributed by atoms with E-state index in [1.807, 2.05) is 45.0 Å². The maximum atomic E-state index is 12.4. The zero-order chi connectivity index (χ0) is 15.8. The molecule has 0 bridgehead atoms. The van der Waals surface area contributed by atoms with Crippen LogP contribution in [-0.2, 0) is 4.74 Å². The molecular formula is C15H14Br2INO2. The molecule has 2 aromatic rings. The summed E-state index contributed by atoms with van der Waals surface area (Å²) in [7, 11) is 0. The van der Waals surface area contributed by atoms with E-state index in [0.29, 0.717) is 0 Å². The fraction of sp³-hybridized carbons (Fsp3) is 0.267. The molecule has 3 nitrogen and oxygen atoms in total. The Morgan fingerprint density at radius 1 is 1.24 bits per heavy atom. The minimum Gasteiger partial charge on any atom is -0.443 e. The van der Waals surface area contributed by atoms with Crippen molar-refractivity contribution >= 4 is 60.5 Å². The smallest absolute Gasteiger partial charge is 0.419 e. The molecule has 1 aromatic carbocycles. The normalized spacial score (nSPS) is 11.5. The number of rotatable bonds is 1. The maximum absolute atomic E-state index is 12.4. The molecule has 0 saturated carbocycles. The number of carbonyl (C=O) groups excluding carboxylic acids is 1. The fourth-order valence-corrected chi connectivity index (χ4v) is 3.16. The summed E-state index contributed by atoms with van der Waals surface area (Å²) in [5.41, 5.74) is 1.19. The molecule has 2 rings (SSSR count). The lowest BCUT2D eigenvalue weighted by atomic mass is 10.1. The number of halogens is 3. The van der Waals surface area contributed by atoms with Gasteiger partial charge in [-0.25, -0.2) is 4.79 Å². The molecule has 0 aliphatic heterocycles. The number of hydrogen-bond acceptors (Lipinski definition) is 2. The number of benzene rings is 1. The summed E-state index contributed by atoms with van der Waals surface area (Å²) in [6, 6.07) is 7.90. The molecular weight excluding hydrogens is 513 g/mol. The summed E-state index contributed by atoms with van der Waals surface area (Å²) in [5, 5.41) is 0. The van der Waals surface area contributed by atoms with E-state index in [2.05, 4.69) is 54.5 Å². The van der Waals surface area contributed by atoms with Crippen molar-refractivity contribution < 1.29 is 9.53 Å². The van der Waals surface area contributed by atoms with Gasteiger partial charge in [0.1, 0.15) is 5.60 Å². The second-order valence-corrected chi connectivity index (χ2v) is 8.53. The molecule has 0 aliphatic carbocycles. The third kappa shape index (κ3) is 4.32. The van der Waals surface area contributed by atoms with Crippen LogP contribution in [0.1, 0.15) is 20.8 Å². The Morgan fingerprint density at radius 2 is 1.90 bits per heavy atom. The van der Waals surface area contributed by atoms with E-state index in [9.17, 15) is 4.79 Å². The Kier molecular flexibility index (Phi) is 5.20. The van der Waals surface area contributed by atoms with Gasteiger partial charge in [0, 0.05) is 24.3 Å². The van der Waals surface area contributed by atoms with E-state index in [1.165, 1.54) is 4.57 Å². The first-order chi connectivity index (χ1) is 9.67. The van der Waals surface area contributed by atoms with Crippen molar-refractivity contribution in [3.05, 3.63) is 43.0 Å². The van der Waals surface area contributed by atoms with Gasteiger partial charge in [-0.1, -0.05) is 15.9 Å². The van der Waals surface area contributed by atoms with Crippen LogP contribution in [0.2, 0.25) is 0 Å². The van der Waals surface area contributed by atoms with Crippen molar-refractivity contribution in [3.8, 4) is 11.3 Å². The van der Waals surface area contributed by atoms with E-state index in [-0.39, 0.29) is 0 Å². The lowest BCUT2D eigenvalue weighted by Gasteiger charge is -2.20. The highest BCUT2D eigenvalue weighted by Gasteiger charge is 2.21. The van der Waals surface area contributed by atoms with Gasteiger partial charge in [0.15, 0.2) is 0 Å². The Morgan fingerprint density at radius 3 is 2.52 bits per heavy atom. The zero-order valence-corrected chi connectivity index (χ0v) is 17.1. The van der Waals surface area contributed by atoms with E-state index in [4.69, 9.17) is 4.74 Å². The number of carbonyl (C=O) groups is 1. The topological polar surface area (TPSA) is 31.2 Å². The van der Waals surface area contributed by atoms with Gasteiger partial charge < -0.3 is 4.74 Å². The van der Waals surface area contributed by atoms with Crippen LogP contribution in [0.4, 0.5) is 4.79 Å². The summed E-state index contributed by atoms with van der Waals surface area (Å²) >= 11 is 9.21. The van der Waals surface area contributed by atoms with Gasteiger partial charge in [-0.2, -0.15) is 0 Å². The molecule has 6 heteroatoms. The van der Waals surface area contributed by atoms with Gasteiger partial charge in [0.2, 0.25) is 0 Å². The van der Waals surface area contributed by atoms with Crippen molar-refractivity contribution in [3.63, 3.8) is 0 Å². The first kappa shape index (κ1) is 17.0. The third-order valence-corrected chi connectivity index (χ3v) is 4.38. The molecule has 0 unspecified atom stereocenters. The minimum absolute atomic E-state index is 0.394. The molecule has 21 heavy (non-hydrogen) atoms. The molecule has 112 valence electrons. The lowest BCUT2D eigenvalue weighted by Crippen LogP contribution is -2.27. The Hall–Kier alpha value is -0.340. The van der Waals surface area contributed by atoms with Crippen LogP contribution in [-0.4, -0.2) is 16.3 Å². The van der Waals surface area contributed by atoms with Crippen molar-refractivity contribution in [2.75, 3.05) is 0 Å². The molecule has 0 amide bonds. The van der Waals surface area contributed by atoms with Crippen LogP contribution in [0.15, 0.2) is 39.4 Å². The van der Waals surface area contributed by atoms with Crippen LogP contribution in [0.5, 0.6) is 0 Å². The Bertz CT molecular complexity index is 689. The van der Waals surface area contributed by atoms with Crippen LogP contribution in [0, 0.1) is 3.57 Å². The van der Waals surface area contributed by atoms with Gasteiger partial charge in [0.05, 0.1) is 5.69 Å². The predicted octanol–water partition coefficient (Wildman–Crippen LogP) is 6.07. The molecule has 0 fully saturated rings. The number of hydrogen-bond donors (Lipinski definition) is 0. The van der Waals surface area contributed by atoms with Gasteiger partial charge in [0.25, 0.3) is 0 Å². The van der Waals surface area contributed by atoms with Crippen LogP contribution < -0.4 is 0 Å². The number of ether oxygens (including phenoxy) is 1. The van der Waals surface area contributed by atoms with Crippen molar-refractivity contribution in [2.24, 2.45) is 0 Å². The average molecular weight is 527 g/mol. The monoisotopic (exact) mass is 525 g/mol. The quantitative estimate of drug-likeness (QED) is 0.422. The molecule has 1 aromatic heterocycles. The van der Waals surface area contributed by atoms with Gasteiger partial charge in [-0.15, -0.1) is 0 Å². The van der Waals surface area contributed by atoms with E-state index in [0.717, 1.165) is 23.8 Å². The summed E-state index contributed by atoms with van der Waals surface area (Å²) < 4.78 is 9.83. The van der Waals surface area contributed by atoms with Gasteiger partial charge >= 0.3 is 6.09 Å². The molecule has 0 saturated heterocycles. The van der Waals surface area contributed by atoms with Crippen LogP contribution in [0.25, 0.3) is 11.3 Å². The lowest BCUT2D eigenvalue weighted by molar-refractivity contribution is 0.0540. The summed E-state index contributed by atoms with van der Waals surface area (Å²) in [6.07, 6.45) is 1.32. The van der Waals surface area contributed by atoms with Crippen LogP contribution in [0.3, 0.4) is 0 Å². The second-order valence-electron chi connectivity index (χ2n) is 5.52. The first-order valence-corrected chi connectivity index (χ1v) is 8.90. The Labute approximate surface area is 154 Å². The molecule has 0 radical (unpaired) electrons. The van der Waals surface area contributed by atoms with Crippen LogP contribution >= 0.6 is 54.5 Å². The van der Waals surface area contributed by atoms with Gasteiger partial charge in [-0.3, -0.25) is 4.57 Å². The highest BCUT2D eigenvalue weighted by Crippen LogP contribution is 2.33. The highest BCUT2D eigenvalue weighted by atomic mass is 127. The summed E-state index contributed by atoms with van der Waals surface area (Å²) in [4.78, 5) is 12.4. The van der Waals surface area contributed by atoms with Crippen molar-refractivity contribution in [1.29, 1.82) is 0 Å². The van der Waals surface area contributed by atoms with Crippen molar-refractivity contribution in [1.82, 2.24) is 4.57 Å². The maximum Gasteiger partial charge on any atom is 0.419 e. The summed E-state index contributed by atoms with van der Waals surface area (Å²) in [6.45, 7) is 5.56. The predicted molar refractivity (Wildman–Crippen MR) is 99.6 cm³/mol. The average Bonchev–Trinajstić information content (AvgIpc) is 2.72. The van der Waals surface area contributed by atoms with E-state index in [1.54, 1.807) is 6.20 Å². The molecule has 0 N–H and O–H groups in total. The molecule has 0 atom stereocenters. The zero-order valence-electron chi connectivity index (χ0n) is 11.8. The standard InChI is InChI=1S/C15H14Br2INO2/c1-15(2,3)21-14(20)19-8-9(16)6-13(19)11-7-10(18)4-5-12(11)17/h4-8H,1-3H3. The largest absolute Gasteiger partial charge is 0.443 e. The van der Waals surface area contributed by atoms with E-state index < -0.39 is 11.7 Å². The minimum atomic E-state index is -0.534. The van der Waals surface area contributed by atoms with Gasteiger partial charge in [-0.05, 0) is 83.6 Å². The van der Waals surface area contributed by atoms with Crippen molar-refractivity contribution in [2.45, 2.75) is 26.4 Å². The highest BCUT2D eigenvalue weighted by molar-refractivity contribution is 14.1. The first-order valence-electron chi connectivity index (χ1n) is 6.24. The fourth-order valence-electron chi connectivity index (χ4n) is 1.79. The SMILES string of the molecule is CC(C)(C)OC(=O)n1cc(Br)cc1-c1cc(I)ccc1Br. The molecule has 0 aliphatic rings. The molecule has 0 spiro atoms. The second kappa shape index (κ2) is 6.42. The number of nitrogens with zero attached hydrogens (tertiary/aromatic N) is 1. The number of aromatic nitrogens is 1.